The number of aliphatic hydroxyl groups is 1. The lowest BCUT2D eigenvalue weighted by atomic mass is 10.1. The van der Waals surface area contributed by atoms with E-state index in [0.717, 1.165) is 51.4 Å². The third kappa shape index (κ3) is 6.55. The molecular weight excluding hydrogens is 403 g/mol. The molecule has 1 aliphatic heterocycles. The number of aliphatic imine (C=N–C) groups is 1. The smallest absolute Gasteiger partial charge is 0.193 e. The van der Waals surface area contributed by atoms with Crippen molar-refractivity contribution in [1.29, 1.82) is 0 Å². The van der Waals surface area contributed by atoms with E-state index in [4.69, 9.17) is 0 Å². The summed E-state index contributed by atoms with van der Waals surface area (Å²) >= 11 is 0. The summed E-state index contributed by atoms with van der Waals surface area (Å²) in [4.78, 5) is 8.84. The first-order chi connectivity index (χ1) is 10.7. The van der Waals surface area contributed by atoms with E-state index in [1.165, 1.54) is 5.69 Å². The van der Waals surface area contributed by atoms with Gasteiger partial charge in [0.15, 0.2) is 5.96 Å². The van der Waals surface area contributed by atoms with Crippen LogP contribution in [0.3, 0.4) is 0 Å². The van der Waals surface area contributed by atoms with E-state index in [-0.39, 0.29) is 30.1 Å². The van der Waals surface area contributed by atoms with Crippen LogP contribution in [-0.4, -0.2) is 62.3 Å². The van der Waals surface area contributed by atoms with Crippen molar-refractivity contribution in [2.75, 3.05) is 45.2 Å². The molecule has 0 atom stereocenters. The van der Waals surface area contributed by atoms with Gasteiger partial charge >= 0.3 is 0 Å². The van der Waals surface area contributed by atoms with Crippen LogP contribution in [0.1, 0.15) is 19.3 Å². The van der Waals surface area contributed by atoms with Crippen molar-refractivity contribution in [1.82, 2.24) is 10.2 Å². The molecule has 0 amide bonds. The maximum Gasteiger partial charge on any atom is 0.193 e. The largest absolute Gasteiger partial charge is 0.393 e. The lowest BCUT2D eigenvalue weighted by Gasteiger charge is -2.32. The van der Waals surface area contributed by atoms with Gasteiger partial charge in [-0.05, 0) is 31.4 Å². The molecule has 1 aromatic rings. The van der Waals surface area contributed by atoms with Crippen LogP contribution >= 0.6 is 24.0 Å². The summed E-state index contributed by atoms with van der Waals surface area (Å²) in [5.41, 5.74) is 1.25. The number of likely N-dealkylation sites (tertiary alicyclic amines) is 1. The Morgan fingerprint density at radius 3 is 2.57 bits per heavy atom. The van der Waals surface area contributed by atoms with Crippen LogP contribution in [0.15, 0.2) is 35.3 Å². The number of rotatable bonds is 5. The second kappa shape index (κ2) is 10.7. The van der Waals surface area contributed by atoms with E-state index >= 15 is 0 Å². The third-order valence-corrected chi connectivity index (χ3v) is 4.13. The van der Waals surface area contributed by atoms with Gasteiger partial charge in [-0.25, -0.2) is 0 Å². The number of aliphatic hydroxyl groups excluding tert-OH is 1. The summed E-state index contributed by atoms with van der Waals surface area (Å²) in [7, 11) is 3.94. The van der Waals surface area contributed by atoms with Gasteiger partial charge in [0, 0.05) is 46.0 Å². The molecule has 6 heteroatoms. The molecule has 1 fully saturated rings. The van der Waals surface area contributed by atoms with Crippen molar-refractivity contribution in [3.63, 3.8) is 0 Å². The Kier molecular flexibility index (Phi) is 9.31. The zero-order valence-electron chi connectivity index (χ0n) is 14.1. The van der Waals surface area contributed by atoms with Crippen molar-refractivity contribution in [2.45, 2.75) is 25.4 Å². The minimum absolute atomic E-state index is 0. The van der Waals surface area contributed by atoms with Gasteiger partial charge in [0.05, 0.1) is 6.10 Å². The molecule has 1 saturated heterocycles. The molecule has 0 saturated carbocycles. The summed E-state index contributed by atoms with van der Waals surface area (Å²) in [5.74, 6) is 0.953. The number of nitrogens with zero attached hydrogens (tertiary/aromatic N) is 3. The number of halogens is 1. The maximum atomic E-state index is 9.57. The molecular formula is C17H29IN4O. The normalized spacial score (nSPS) is 16.0. The Morgan fingerprint density at radius 2 is 1.96 bits per heavy atom. The number of hydrogen-bond acceptors (Lipinski definition) is 3. The average molecular weight is 432 g/mol. The number of anilines is 1. The van der Waals surface area contributed by atoms with Gasteiger partial charge in [-0.15, -0.1) is 24.0 Å². The van der Waals surface area contributed by atoms with Crippen molar-refractivity contribution in [3.8, 4) is 0 Å². The first-order valence-electron chi connectivity index (χ1n) is 8.10. The van der Waals surface area contributed by atoms with Crippen molar-refractivity contribution < 1.29 is 5.11 Å². The minimum Gasteiger partial charge on any atom is -0.393 e. The van der Waals surface area contributed by atoms with Crippen LogP contribution in [-0.2, 0) is 0 Å². The molecule has 130 valence electrons. The molecule has 0 aliphatic carbocycles. The second-order valence-electron chi connectivity index (χ2n) is 5.80. The number of hydrogen-bond donors (Lipinski definition) is 2. The van der Waals surface area contributed by atoms with Gasteiger partial charge in [0.25, 0.3) is 0 Å². The Bertz CT molecular complexity index is 461. The molecule has 2 rings (SSSR count). The van der Waals surface area contributed by atoms with Crippen LogP contribution in [0.4, 0.5) is 5.69 Å². The van der Waals surface area contributed by atoms with Crippen molar-refractivity contribution in [3.05, 3.63) is 30.3 Å². The van der Waals surface area contributed by atoms with Gasteiger partial charge in [-0.3, -0.25) is 4.99 Å². The predicted molar refractivity (Wildman–Crippen MR) is 108 cm³/mol. The van der Waals surface area contributed by atoms with Gasteiger partial charge in [-0.2, -0.15) is 0 Å². The standard InChI is InChI=1S/C17H28N4O.HI/c1-18-17(21-13-9-16(22)10-14-21)19-11-6-12-20(2)15-7-4-3-5-8-15;/h3-5,7-8,16,22H,6,9-14H2,1-2H3,(H,18,19);1H. The number of guanidine groups is 1. The summed E-state index contributed by atoms with van der Waals surface area (Å²) in [6, 6.07) is 10.4. The average Bonchev–Trinajstić information content (AvgIpc) is 2.56. The van der Waals surface area contributed by atoms with Gasteiger partial charge in [-0.1, -0.05) is 18.2 Å². The first-order valence-corrected chi connectivity index (χ1v) is 8.10. The van der Waals surface area contributed by atoms with Gasteiger partial charge < -0.3 is 20.2 Å². The topological polar surface area (TPSA) is 51.1 Å². The molecule has 0 spiro atoms. The van der Waals surface area contributed by atoms with Gasteiger partial charge in [0.2, 0.25) is 0 Å². The summed E-state index contributed by atoms with van der Waals surface area (Å²) in [6.07, 6.45) is 2.57. The fourth-order valence-electron chi connectivity index (χ4n) is 2.74. The first kappa shape index (κ1) is 20.0. The van der Waals surface area contributed by atoms with Crippen LogP contribution in [0.2, 0.25) is 0 Å². The van der Waals surface area contributed by atoms with E-state index in [1.807, 2.05) is 13.1 Å². The van der Waals surface area contributed by atoms with Crippen LogP contribution in [0.25, 0.3) is 0 Å². The zero-order chi connectivity index (χ0) is 15.8. The number of nitrogens with one attached hydrogen (secondary N) is 1. The Morgan fingerprint density at radius 1 is 1.30 bits per heavy atom. The lowest BCUT2D eigenvalue weighted by Crippen LogP contribution is -2.47. The molecule has 5 nitrogen and oxygen atoms in total. The van der Waals surface area contributed by atoms with E-state index < -0.39 is 0 Å². The van der Waals surface area contributed by atoms with E-state index in [2.05, 4.69) is 51.4 Å². The van der Waals surface area contributed by atoms with Gasteiger partial charge in [0.1, 0.15) is 0 Å². The Balaban J connectivity index is 0.00000264. The highest BCUT2D eigenvalue weighted by Gasteiger charge is 2.19. The van der Waals surface area contributed by atoms with Crippen LogP contribution < -0.4 is 10.2 Å². The number of para-hydroxylation sites is 1. The van der Waals surface area contributed by atoms with Crippen LogP contribution in [0, 0.1) is 0 Å². The molecule has 1 heterocycles. The zero-order valence-corrected chi connectivity index (χ0v) is 16.4. The SMILES string of the molecule is CN=C(NCCCN(C)c1ccccc1)N1CCC(O)CC1.I. The molecule has 23 heavy (non-hydrogen) atoms. The van der Waals surface area contributed by atoms with Crippen LogP contribution in [0.5, 0.6) is 0 Å². The molecule has 1 aromatic carbocycles. The molecule has 0 unspecified atom stereocenters. The quantitative estimate of drug-likeness (QED) is 0.324. The highest BCUT2D eigenvalue weighted by Crippen LogP contribution is 2.11. The maximum absolute atomic E-state index is 9.57. The summed E-state index contributed by atoms with van der Waals surface area (Å²) in [6.45, 7) is 3.67. The minimum atomic E-state index is -0.145. The number of benzene rings is 1. The summed E-state index contributed by atoms with van der Waals surface area (Å²) < 4.78 is 0. The van der Waals surface area contributed by atoms with E-state index in [9.17, 15) is 5.11 Å². The lowest BCUT2D eigenvalue weighted by molar-refractivity contribution is 0.108. The van der Waals surface area contributed by atoms with Crippen molar-refractivity contribution >= 4 is 35.6 Å². The monoisotopic (exact) mass is 432 g/mol. The second-order valence-corrected chi connectivity index (χ2v) is 5.80. The number of piperidine rings is 1. The van der Waals surface area contributed by atoms with Crippen molar-refractivity contribution in [2.24, 2.45) is 4.99 Å². The molecule has 0 aromatic heterocycles. The fourth-order valence-corrected chi connectivity index (χ4v) is 2.74. The predicted octanol–water partition coefficient (Wildman–Crippen LogP) is 2.16. The van der Waals surface area contributed by atoms with E-state index in [0.29, 0.717) is 0 Å². The fraction of sp³-hybridized carbons (Fsp3) is 0.588. The highest BCUT2D eigenvalue weighted by molar-refractivity contribution is 14.0. The highest BCUT2D eigenvalue weighted by atomic mass is 127. The Hall–Kier alpha value is -1.02. The molecule has 2 N–H and O–H groups in total. The molecule has 0 radical (unpaired) electrons. The Labute approximate surface area is 156 Å². The third-order valence-electron chi connectivity index (χ3n) is 4.13. The summed E-state index contributed by atoms with van der Waals surface area (Å²) in [5, 5.41) is 13.0. The molecule has 1 aliphatic rings. The van der Waals surface area contributed by atoms with E-state index in [1.54, 1.807) is 0 Å². The molecule has 0 bridgehead atoms.